The molecule has 0 aliphatic carbocycles. The van der Waals surface area contributed by atoms with Crippen LogP contribution in [0.25, 0.3) is 27.8 Å². The number of imidazole rings is 1. The highest BCUT2D eigenvalue weighted by atomic mass is 32.2. The van der Waals surface area contributed by atoms with Crippen LogP contribution in [0.15, 0.2) is 90.0 Å². The molecule has 1 aliphatic rings. The van der Waals surface area contributed by atoms with Crippen molar-refractivity contribution in [3.63, 3.8) is 0 Å². The molecule has 4 N–H and O–H groups in total. The fourth-order valence-corrected chi connectivity index (χ4v) is 6.21. The number of rotatable bonds is 6. The van der Waals surface area contributed by atoms with E-state index >= 15 is 0 Å². The van der Waals surface area contributed by atoms with E-state index in [2.05, 4.69) is 27.0 Å². The monoisotopic (exact) mass is 555 g/mol. The Balaban J connectivity index is 1.37. The molecule has 1 aliphatic heterocycles. The largest absolute Gasteiger partial charge is 0.383 e. The van der Waals surface area contributed by atoms with Gasteiger partial charge in [-0.25, -0.2) is 18.4 Å². The number of para-hydroxylation sites is 1. The number of aromatic nitrogens is 3. The lowest BCUT2D eigenvalue weighted by Crippen LogP contribution is -2.36. The Morgan fingerprint density at radius 2 is 1.57 bits per heavy atom. The molecule has 1 saturated heterocycles. The van der Waals surface area contributed by atoms with E-state index in [1.165, 1.54) is 11.4 Å². The summed E-state index contributed by atoms with van der Waals surface area (Å²) in [5.41, 5.74) is 17.8. The standard InChI is InChI=1S/C29H29N7O3S/c1-34(22-5-3-2-4-6-22)40(37,38)27-18-21(19-32-28(27)30)20-7-12-25-26(17-20)36(29(31)33-25)24-10-8-23(9-11-24)35-13-15-39-16-14-35/h2-12,17-19H,13-16H2,1H3,(H2,30,32)(H2,31,33). The third-order valence-corrected chi connectivity index (χ3v) is 8.95. The minimum Gasteiger partial charge on any atom is -0.383 e. The molecule has 2 aromatic heterocycles. The van der Waals surface area contributed by atoms with E-state index in [1.54, 1.807) is 36.5 Å². The second kappa shape index (κ2) is 10.2. The lowest BCUT2D eigenvalue weighted by atomic mass is 10.1. The molecular weight excluding hydrogens is 526 g/mol. The average molecular weight is 556 g/mol. The number of benzene rings is 3. The van der Waals surface area contributed by atoms with Gasteiger partial charge in [-0.15, -0.1) is 0 Å². The third-order valence-electron chi connectivity index (χ3n) is 7.14. The smallest absolute Gasteiger partial charge is 0.267 e. The van der Waals surface area contributed by atoms with Crippen LogP contribution in [0.4, 0.5) is 23.1 Å². The summed E-state index contributed by atoms with van der Waals surface area (Å²) in [6, 6.07) is 24.2. The van der Waals surface area contributed by atoms with Crippen molar-refractivity contribution >= 4 is 44.2 Å². The fraction of sp³-hybridized carbons (Fsp3) is 0.172. The maximum atomic E-state index is 13.5. The number of anilines is 4. The van der Waals surface area contributed by atoms with E-state index < -0.39 is 10.0 Å². The molecule has 0 radical (unpaired) electrons. The molecule has 3 aromatic carbocycles. The van der Waals surface area contributed by atoms with Crippen LogP contribution in [-0.2, 0) is 14.8 Å². The summed E-state index contributed by atoms with van der Waals surface area (Å²) in [5, 5.41) is 0. The molecule has 0 saturated carbocycles. The van der Waals surface area contributed by atoms with Gasteiger partial charge in [0.05, 0.1) is 29.9 Å². The van der Waals surface area contributed by atoms with E-state index in [4.69, 9.17) is 16.2 Å². The van der Waals surface area contributed by atoms with Gasteiger partial charge in [0.2, 0.25) is 5.95 Å². The molecule has 11 heteroatoms. The van der Waals surface area contributed by atoms with Crippen LogP contribution in [-0.4, -0.2) is 56.3 Å². The maximum Gasteiger partial charge on any atom is 0.267 e. The number of nitrogens with zero attached hydrogens (tertiary/aromatic N) is 5. The van der Waals surface area contributed by atoms with Crippen molar-refractivity contribution in [2.45, 2.75) is 4.90 Å². The zero-order valence-corrected chi connectivity index (χ0v) is 22.8. The summed E-state index contributed by atoms with van der Waals surface area (Å²) >= 11 is 0. The number of sulfonamides is 1. The number of pyridine rings is 1. The Kier molecular flexibility index (Phi) is 6.53. The zero-order chi connectivity index (χ0) is 27.9. The second-order valence-corrected chi connectivity index (χ2v) is 11.5. The van der Waals surface area contributed by atoms with Gasteiger partial charge in [0.15, 0.2) is 0 Å². The summed E-state index contributed by atoms with van der Waals surface area (Å²) in [5.74, 6) is 0.289. The minimum atomic E-state index is -3.96. The molecule has 204 valence electrons. The van der Waals surface area contributed by atoms with Crippen LogP contribution < -0.4 is 20.7 Å². The van der Waals surface area contributed by atoms with E-state index in [1.807, 2.05) is 41.0 Å². The van der Waals surface area contributed by atoms with Gasteiger partial charge >= 0.3 is 0 Å². The molecule has 0 amide bonds. The Hall–Kier alpha value is -4.61. The summed E-state index contributed by atoms with van der Waals surface area (Å²) in [4.78, 5) is 11.0. The van der Waals surface area contributed by atoms with Gasteiger partial charge < -0.3 is 21.1 Å². The number of ether oxygens (including phenoxy) is 1. The molecule has 5 aromatic rings. The van der Waals surface area contributed by atoms with Crippen molar-refractivity contribution in [2.24, 2.45) is 0 Å². The minimum absolute atomic E-state index is 0.0665. The molecule has 0 unspecified atom stereocenters. The predicted octanol–water partition coefficient (Wildman–Crippen LogP) is 3.91. The third kappa shape index (κ3) is 4.59. The number of morpholine rings is 1. The topological polar surface area (TPSA) is 133 Å². The highest BCUT2D eigenvalue weighted by Gasteiger charge is 2.25. The fourth-order valence-electron chi connectivity index (χ4n) is 4.92. The van der Waals surface area contributed by atoms with Crippen LogP contribution in [0.3, 0.4) is 0 Å². The number of nitrogen functional groups attached to an aromatic ring is 2. The van der Waals surface area contributed by atoms with Crippen molar-refractivity contribution in [3.05, 3.63) is 85.1 Å². The van der Waals surface area contributed by atoms with Gasteiger partial charge in [0.1, 0.15) is 10.7 Å². The SMILES string of the molecule is CN(c1ccccc1)S(=O)(=O)c1cc(-c2ccc3nc(N)n(-c4ccc(N5CCOCC5)cc4)c3c2)cnc1N. The van der Waals surface area contributed by atoms with Crippen molar-refractivity contribution in [3.8, 4) is 16.8 Å². The first-order chi connectivity index (χ1) is 19.3. The molecule has 0 atom stereocenters. The quantitative estimate of drug-likeness (QED) is 0.322. The Morgan fingerprint density at radius 1 is 0.875 bits per heavy atom. The molecule has 40 heavy (non-hydrogen) atoms. The summed E-state index contributed by atoms with van der Waals surface area (Å²) < 4.78 is 35.5. The molecule has 0 bridgehead atoms. The lowest BCUT2D eigenvalue weighted by molar-refractivity contribution is 0.122. The Labute approximate surface area is 232 Å². The highest BCUT2D eigenvalue weighted by molar-refractivity contribution is 7.93. The highest BCUT2D eigenvalue weighted by Crippen LogP contribution is 2.32. The average Bonchev–Trinajstić information content (AvgIpc) is 3.32. The van der Waals surface area contributed by atoms with Gasteiger partial charge in [-0.1, -0.05) is 24.3 Å². The zero-order valence-electron chi connectivity index (χ0n) is 21.9. The maximum absolute atomic E-state index is 13.5. The molecule has 1 fully saturated rings. The number of nitrogens with two attached hydrogens (primary N) is 2. The number of fused-ring (bicyclic) bond motifs is 1. The van der Waals surface area contributed by atoms with Crippen LogP contribution in [0.2, 0.25) is 0 Å². The second-order valence-electron chi connectivity index (χ2n) is 9.54. The van der Waals surface area contributed by atoms with Gasteiger partial charge in [0, 0.05) is 43.3 Å². The van der Waals surface area contributed by atoms with E-state index in [0.29, 0.717) is 17.2 Å². The van der Waals surface area contributed by atoms with Crippen LogP contribution in [0, 0.1) is 0 Å². The van der Waals surface area contributed by atoms with Crippen molar-refractivity contribution in [1.82, 2.24) is 14.5 Å². The molecule has 3 heterocycles. The Bertz CT molecular complexity index is 1780. The first-order valence-electron chi connectivity index (χ1n) is 12.8. The van der Waals surface area contributed by atoms with Gasteiger partial charge in [0.25, 0.3) is 10.0 Å². The number of hydrogen-bond donors (Lipinski definition) is 2. The molecule has 0 spiro atoms. The first kappa shape index (κ1) is 25.7. The van der Waals surface area contributed by atoms with Crippen LogP contribution >= 0.6 is 0 Å². The van der Waals surface area contributed by atoms with Crippen molar-refractivity contribution in [2.75, 3.05) is 54.0 Å². The number of hydrogen-bond acceptors (Lipinski definition) is 8. The Morgan fingerprint density at radius 3 is 2.30 bits per heavy atom. The van der Waals surface area contributed by atoms with Crippen molar-refractivity contribution < 1.29 is 13.2 Å². The summed E-state index contributed by atoms with van der Waals surface area (Å²) in [6.45, 7) is 3.14. The van der Waals surface area contributed by atoms with Crippen molar-refractivity contribution in [1.29, 1.82) is 0 Å². The molecule has 10 nitrogen and oxygen atoms in total. The van der Waals surface area contributed by atoms with E-state index in [0.717, 1.165) is 54.3 Å². The predicted molar refractivity (Wildman–Crippen MR) is 158 cm³/mol. The van der Waals surface area contributed by atoms with E-state index in [-0.39, 0.29) is 10.7 Å². The van der Waals surface area contributed by atoms with Gasteiger partial charge in [-0.2, -0.15) is 0 Å². The van der Waals surface area contributed by atoms with Gasteiger partial charge in [-0.05, 0) is 60.2 Å². The summed E-state index contributed by atoms with van der Waals surface area (Å²) in [7, 11) is -2.47. The van der Waals surface area contributed by atoms with E-state index in [9.17, 15) is 8.42 Å². The lowest BCUT2D eigenvalue weighted by Gasteiger charge is -2.29. The van der Waals surface area contributed by atoms with Crippen LogP contribution in [0.5, 0.6) is 0 Å². The molecular formula is C29H29N7O3S. The molecule has 6 rings (SSSR count). The normalized spacial score (nSPS) is 14.0. The first-order valence-corrected chi connectivity index (χ1v) is 14.3. The van der Waals surface area contributed by atoms with Gasteiger partial charge in [-0.3, -0.25) is 8.87 Å². The summed E-state index contributed by atoms with van der Waals surface area (Å²) in [6.07, 6.45) is 1.57. The van der Waals surface area contributed by atoms with Crippen LogP contribution in [0.1, 0.15) is 0 Å².